The third kappa shape index (κ3) is 3.99. The van der Waals surface area contributed by atoms with E-state index >= 15 is 0 Å². The third-order valence-corrected chi connectivity index (χ3v) is 5.83. The van der Waals surface area contributed by atoms with E-state index in [1.165, 1.54) is 4.52 Å². The summed E-state index contributed by atoms with van der Waals surface area (Å²) in [6.07, 6.45) is 8.22. The highest BCUT2D eigenvalue weighted by molar-refractivity contribution is 6.18. The lowest BCUT2D eigenvalue weighted by atomic mass is 9.99. The van der Waals surface area contributed by atoms with Gasteiger partial charge in [0, 0.05) is 36.6 Å². The van der Waals surface area contributed by atoms with Crippen LogP contribution in [0.3, 0.4) is 0 Å². The molecule has 12 heteroatoms. The van der Waals surface area contributed by atoms with E-state index in [1.54, 1.807) is 59.3 Å². The average Bonchev–Trinajstić information content (AvgIpc) is 3.50. The molecule has 0 saturated carbocycles. The summed E-state index contributed by atoms with van der Waals surface area (Å²) in [5.41, 5.74) is 1.78. The van der Waals surface area contributed by atoms with Crippen LogP contribution >= 0.6 is 0 Å². The molecule has 0 aromatic carbocycles. The highest BCUT2D eigenvalue weighted by Crippen LogP contribution is 2.34. The minimum absolute atomic E-state index is 0.0122. The van der Waals surface area contributed by atoms with Crippen LogP contribution in [0.25, 0.3) is 17.4 Å². The molecule has 1 fully saturated rings. The monoisotopic (exact) mass is 492 g/mol. The quantitative estimate of drug-likeness (QED) is 0.583. The molecule has 9 nitrogen and oxygen atoms in total. The van der Waals surface area contributed by atoms with Gasteiger partial charge in [-0.3, -0.25) is 4.99 Å². The standard InChI is InChI=1S/C24H19F3N8O/c1-14-18(9-15-3-4-16(34-8-2-6-30-34)10-20(15)29-7-5-25)24(33-12-17(36)13-33)35-23(31-14)19(11-28)21(32-35)22(26)27/h2-10,17,22,36H,12-13H2,1H3/b7-5+,15-9+,29-20+. The third-order valence-electron chi connectivity index (χ3n) is 5.83. The summed E-state index contributed by atoms with van der Waals surface area (Å²) in [6, 6.07) is 3.56. The lowest BCUT2D eigenvalue weighted by Crippen LogP contribution is -2.52. The van der Waals surface area contributed by atoms with E-state index in [0.29, 0.717) is 40.4 Å². The first-order chi connectivity index (χ1) is 17.4. The number of nitrogens with zero attached hydrogens (tertiary/aromatic N) is 8. The molecule has 0 spiro atoms. The van der Waals surface area contributed by atoms with E-state index in [1.807, 2.05) is 6.08 Å². The van der Waals surface area contributed by atoms with Crippen LogP contribution in [-0.4, -0.2) is 54.4 Å². The first kappa shape index (κ1) is 23.3. The normalized spacial score (nSPS) is 18.6. The molecule has 5 rings (SSSR count). The number of rotatable bonds is 5. The molecule has 1 aliphatic carbocycles. The van der Waals surface area contributed by atoms with Crippen molar-refractivity contribution in [3.63, 3.8) is 0 Å². The number of β-amino-alcohol motifs (C(OH)–C–C–N with tert-alkyl or cyclic N) is 1. The van der Waals surface area contributed by atoms with Gasteiger partial charge in [0.25, 0.3) is 6.43 Å². The van der Waals surface area contributed by atoms with Crippen molar-refractivity contribution in [2.24, 2.45) is 4.99 Å². The SMILES string of the molecule is Cc1nc2c(C#N)c(C(F)F)nn2c(N2CC(O)C2)c1\C=C1/C=CC(n2cccn2)=C/C1=N\C=C\F. The summed E-state index contributed by atoms with van der Waals surface area (Å²) in [7, 11) is 0. The molecule has 36 heavy (non-hydrogen) atoms. The number of anilines is 1. The largest absolute Gasteiger partial charge is 0.389 e. The molecule has 1 saturated heterocycles. The summed E-state index contributed by atoms with van der Waals surface area (Å²) < 4.78 is 43.0. The van der Waals surface area contributed by atoms with Crippen molar-refractivity contribution in [2.75, 3.05) is 18.0 Å². The van der Waals surface area contributed by atoms with Crippen LogP contribution in [0.1, 0.15) is 28.9 Å². The Morgan fingerprint density at radius 3 is 2.75 bits per heavy atom. The van der Waals surface area contributed by atoms with Crippen LogP contribution in [0.4, 0.5) is 19.0 Å². The molecule has 0 bridgehead atoms. The van der Waals surface area contributed by atoms with Gasteiger partial charge in [-0.1, -0.05) is 6.08 Å². The number of aliphatic imine (C=N–C) groups is 1. The molecule has 4 heterocycles. The van der Waals surface area contributed by atoms with Crippen molar-refractivity contribution >= 4 is 28.9 Å². The van der Waals surface area contributed by atoms with Gasteiger partial charge >= 0.3 is 0 Å². The summed E-state index contributed by atoms with van der Waals surface area (Å²) >= 11 is 0. The van der Waals surface area contributed by atoms with Gasteiger partial charge < -0.3 is 10.0 Å². The predicted molar refractivity (Wildman–Crippen MR) is 127 cm³/mol. The van der Waals surface area contributed by atoms with Crippen LogP contribution in [0, 0.1) is 18.3 Å². The molecule has 0 unspecified atom stereocenters. The van der Waals surface area contributed by atoms with Gasteiger partial charge in [0.05, 0.1) is 29.4 Å². The number of alkyl halides is 2. The van der Waals surface area contributed by atoms with Crippen molar-refractivity contribution in [2.45, 2.75) is 19.5 Å². The Hall–Kier alpha value is -4.50. The van der Waals surface area contributed by atoms with Crippen LogP contribution in [-0.2, 0) is 0 Å². The smallest absolute Gasteiger partial charge is 0.283 e. The number of nitriles is 1. The van der Waals surface area contributed by atoms with E-state index in [-0.39, 0.29) is 24.3 Å². The minimum Gasteiger partial charge on any atom is -0.389 e. The Bertz CT molecular complexity index is 1520. The van der Waals surface area contributed by atoms with Crippen molar-refractivity contribution in [1.29, 1.82) is 5.26 Å². The summed E-state index contributed by atoms with van der Waals surface area (Å²) in [5.74, 6) is 0.411. The van der Waals surface area contributed by atoms with Crippen molar-refractivity contribution in [1.82, 2.24) is 24.4 Å². The first-order valence-electron chi connectivity index (χ1n) is 10.9. The molecule has 182 valence electrons. The van der Waals surface area contributed by atoms with Gasteiger partial charge in [-0.15, -0.1) is 0 Å². The zero-order chi connectivity index (χ0) is 25.4. The van der Waals surface area contributed by atoms with Gasteiger partial charge in [-0.2, -0.15) is 20.0 Å². The molecular formula is C24H19F3N8O. The van der Waals surface area contributed by atoms with Crippen LogP contribution in [0.15, 0.2) is 59.8 Å². The van der Waals surface area contributed by atoms with Gasteiger partial charge in [-0.25, -0.2) is 22.8 Å². The molecule has 0 radical (unpaired) electrons. The zero-order valence-corrected chi connectivity index (χ0v) is 18.9. The summed E-state index contributed by atoms with van der Waals surface area (Å²) in [5, 5.41) is 27.7. The van der Waals surface area contributed by atoms with Crippen molar-refractivity contribution in [3.8, 4) is 6.07 Å². The number of hydrogen-bond acceptors (Lipinski definition) is 7. The Morgan fingerprint density at radius 2 is 2.11 bits per heavy atom. The fourth-order valence-electron chi connectivity index (χ4n) is 4.13. The predicted octanol–water partition coefficient (Wildman–Crippen LogP) is 3.60. The lowest BCUT2D eigenvalue weighted by molar-refractivity contribution is 0.139. The number of aliphatic hydroxyl groups excluding tert-OH is 1. The fraction of sp³-hybridized carbons (Fsp3) is 0.208. The molecule has 1 aliphatic heterocycles. The molecule has 0 atom stereocenters. The first-order valence-corrected chi connectivity index (χ1v) is 10.9. The number of fused-ring (bicyclic) bond motifs is 1. The second-order valence-electron chi connectivity index (χ2n) is 8.14. The maximum atomic E-state index is 13.6. The molecule has 1 N–H and O–H groups in total. The number of aryl methyl sites for hydroxylation is 1. The fourth-order valence-corrected chi connectivity index (χ4v) is 4.13. The maximum absolute atomic E-state index is 13.6. The van der Waals surface area contributed by atoms with Crippen LogP contribution in [0.5, 0.6) is 0 Å². The van der Waals surface area contributed by atoms with E-state index in [0.717, 1.165) is 6.20 Å². The van der Waals surface area contributed by atoms with Gasteiger partial charge in [0.15, 0.2) is 5.65 Å². The molecule has 2 aliphatic rings. The Balaban J connectivity index is 1.71. The number of halogens is 3. The van der Waals surface area contributed by atoms with Gasteiger partial charge in [0.1, 0.15) is 29.5 Å². The summed E-state index contributed by atoms with van der Waals surface area (Å²) in [6.45, 7) is 2.20. The van der Waals surface area contributed by atoms with Crippen LogP contribution in [0.2, 0.25) is 0 Å². The number of aromatic nitrogens is 5. The molecule has 0 amide bonds. The second-order valence-corrected chi connectivity index (χ2v) is 8.14. The van der Waals surface area contributed by atoms with E-state index in [9.17, 15) is 23.5 Å². The topological polar surface area (TPSA) is 108 Å². The Kier molecular flexibility index (Phi) is 5.99. The van der Waals surface area contributed by atoms with Gasteiger partial charge in [-0.05, 0) is 31.2 Å². The number of aliphatic hydroxyl groups is 1. The highest BCUT2D eigenvalue weighted by Gasteiger charge is 2.32. The molecule has 3 aromatic heterocycles. The Morgan fingerprint density at radius 1 is 1.31 bits per heavy atom. The number of allylic oxidation sites excluding steroid dienone is 5. The minimum atomic E-state index is -2.96. The molecule has 3 aromatic rings. The second kappa shape index (κ2) is 9.27. The average molecular weight is 492 g/mol. The number of hydrogen-bond donors (Lipinski definition) is 1. The maximum Gasteiger partial charge on any atom is 0.283 e. The van der Waals surface area contributed by atoms with Gasteiger partial charge in [0.2, 0.25) is 0 Å². The van der Waals surface area contributed by atoms with E-state index < -0.39 is 18.2 Å². The van der Waals surface area contributed by atoms with E-state index in [4.69, 9.17) is 0 Å². The molecular weight excluding hydrogens is 473 g/mol. The van der Waals surface area contributed by atoms with Crippen LogP contribution < -0.4 is 4.90 Å². The highest BCUT2D eigenvalue weighted by atomic mass is 19.3. The van der Waals surface area contributed by atoms with E-state index in [2.05, 4.69) is 20.2 Å². The van der Waals surface area contributed by atoms with Crippen molar-refractivity contribution < 1.29 is 18.3 Å². The Labute approximate surface area is 203 Å². The zero-order valence-electron chi connectivity index (χ0n) is 18.9. The van der Waals surface area contributed by atoms with Crippen molar-refractivity contribution in [3.05, 3.63) is 77.3 Å². The lowest BCUT2D eigenvalue weighted by Gasteiger charge is -2.38. The summed E-state index contributed by atoms with van der Waals surface area (Å²) in [4.78, 5) is 10.4.